The lowest BCUT2D eigenvalue weighted by atomic mass is 10.1. The Hall–Kier alpha value is -2.15. The summed E-state index contributed by atoms with van der Waals surface area (Å²) in [5.41, 5.74) is 1.19. The lowest BCUT2D eigenvalue weighted by Crippen LogP contribution is -2.23. The standard InChI is InChI=1S/C11H11NO3/c1-3-8-4-9(6-10(13)5-8)7-12(2)11(14)15/h1,4-6,13H,7H2,2H3,(H,14,15). The highest BCUT2D eigenvalue weighted by Crippen LogP contribution is 2.16. The Morgan fingerprint density at radius 3 is 2.73 bits per heavy atom. The topological polar surface area (TPSA) is 60.8 Å². The van der Waals surface area contributed by atoms with Crippen LogP contribution in [0.2, 0.25) is 0 Å². The van der Waals surface area contributed by atoms with Crippen LogP contribution in [0.15, 0.2) is 18.2 Å². The first-order valence-electron chi connectivity index (χ1n) is 4.26. The minimum absolute atomic E-state index is 0.0410. The maximum atomic E-state index is 10.6. The molecule has 4 heteroatoms. The number of phenols is 1. The van der Waals surface area contributed by atoms with Crippen molar-refractivity contribution in [3.05, 3.63) is 29.3 Å². The van der Waals surface area contributed by atoms with Crippen LogP contribution in [0, 0.1) is 12.3 Å². The number of carboxylic acid groups (broad SMARTS) is 1. The van der Waals surface area contributed by atoms with E-state index in [0.29, 0.717) is 11.1 Å². The first-order chi connectivity index (χ1) is 7.02. The predicted molar refractivity (Wildman–Crippen MR) is 55.5 cm³/mol. The van der Waals surface area contributed by atoms with Crippen molar-refractivity contribution in [2.45, 2.75) is 6.54 Å². The highest BCUT2D eigenvalue weighted by atomic mass is 16.4. The van der Waals surface area contributed by atoms with E-state index in [4.69, 9.17) is 11.5 Å². The van der Waals surface area contributed by atoms with Crippen LogP contribution in [-0.4, -0.2) is 28.3 Å². The normalized spacial score (nSPS) is 9.33. The van der Waals surface area contributed by atoms with E-state index >= 15 is 0 Å². The van der Waals surface area contributed by atoms with E-state index in [9.17, 15) is 9.90 Å². The highest BCUT2D eigenvalue weighted by molar-refractivity contribution is 5.64. The average molecular weight is 205 g/mol. The molecular formula is C11H11NO3. The molecule has 0 spiro atoms. The SMILES string of the molecule is C#Cc1cc(O)cc(CN(C)C(=O)O)c1. The van der Waals surface area contributed by atoms with Gasteiger partial charge in [-0.3, -0.25) is 0 Å². The third-order valence-corrected chi connectivity index (χ3v) is 1.89. The van der Waals surface area contributed by atoms with Gasteiger partial charge >= 0.3 is 6.09 Å². The van der Waals surface area contributed by atoms with Gasteiger partial charge in [-0.05, 0) is 23.8 Å². The van der Waals surface area contributed by atoms with Gasteiger partial charge in [-0.25, -0.2) is 4.79 Å². The molecule has 0 bridgehead atoms. The van der Waals surface area contributed by atoms with Crippen LogP contribution in [0.3, 0.4) is 0 Å². The summed E-state index contributed by atoms with van der Waals surface area (Å²) >= 11 is 0. The first kappa shape index (κ1) is 10.9. The first-order valence-corrected chi connectivity index (χ1v) is 4.26. The molecule has 0 fully saturated rings. The number of hydrogen-bond acceptors (Lipinski definition) is 2. The van der Waals surface area contributed by atoms with Crippen molar-refractivity contribution in [1.82, 2.24) is 4.90 Å². The van der Waals surface area contributed by atoms with E-state index in [0.717, 1.165) is 4.90 Å². The van der Waals surface area contributed by atoms with Crippen LogP contribution in [0.1, 0.15) is 11.1 Å². The predicted octanol–water partition coefficient (Wildman–Crippen LogP) is 1.48. The summed E-state index contributed by atoms with van der Waals surface area (Å²) in [6.07, 6.45) is 4.16. The Labute approximate surface area is 87.8 Å². The Kier molecular flexibility index (Phi) is 3.19. The summed E-state index contributed by atoms with van der Waals surface area (Å²) < 4.78 is 0. The summed E-state index contributed by atoms with van der Waals surface area (Å²) in [5, 5.41) is 18.0. The van der Waals surface area contributed by atoms with Crippen LogP contribution in [0.5, 0.6) is 5.75 Å². The van der Waals surface area contributed by atoms with Crippen LogP contribution in [0.25, 0.3) is 0 Å². The van der Waals surface area contributed by atoms with Crippen LogP contribution in [-0.2, 0) is 6.54 Å². The van der Waals surface area contributed by atoms with E-state index in [1.807, 2.05) is 0 Å². The lowest BCUT2D eigenvalue weighted by Gasteiger charge is -2.13. The number of amides is 1. The second-order valence-electron chi connectivity index (χ2n) is 3.17. The Bertz CT molecular complexity index is 420. The fraction of sp³-hybridized carbons (Fsp3) is 0.182. The molecule has 1 aromatic carbocycles. The number of hydrogen-bond donors (Lipinski definition) is 2. The van der Waals surface area contributed by atoms with Crippen molar-refractivity contribution < 1.29 is 15.0 Å². The molecule has 1 aromatic rings. The van der Waals surface area contributed by atoms with Crippen molar-refractivity contribution in [2.24, 2.45) is 0 Å². The van der Waals surface area contributed by atoms with E-state index < -0.39 is 6.09 Å². The molecular weight excluding hydrogens is 194 g/mol. The molecule has 1 amide bonds. The second kappa shape index (κ2) is 4.38. The van der Waals surface area contributed by atoms with Gasteiger partial charge in [0.15, 0.2) is 0 Å². The van der Waals surface area contributed by atoms with Gasteiger partial charge in [-0.15, -0.1) is 6.42 Å². The van der Waals surface area contributed by atoms with Gasteiger partial charge in [-0.1, -0.05) is 5.92 Å². The van der Waals surface area contributed by atoms with Gasteiger partial charge < -0.3 is 15.1 Å². The number of benzene rings is 1. The fourth-order valence-corrected chi connectivity index (χ4v) is 1.19. The molecule has 0 unspecified atom stereocenters. The molecule has 0 aromatic heterocycles. The third-order valence-electron chi connectivity index (χ3n) is 1.89. The van der Waals surface area contributed by atoms with Gasteiger partial charge in [0.25, 0.3) is 0 Å². The minimum Gasteiger partial charge on any atom is -0.508 e. The molecule has 0 heterocycles. The van der Waals surface area contributed by atoms with E-state index in [2.05, 4.69) is 5.92 Å². The molecule has 0 saturated carbocycles. The molecule has 0 radical (unpaired) electrons. The lowest BCUT2D eigenvalue weighted by molar-refractivity contribution is 0.153. The average Bonchev–Trinajstić information content (AvgIpc) is 2.16. The summed E-state index contributed by atoms with van der Waals surface area (Å²) in [6, 6.07) is 4.60. The number of aromatic hydroxyl groups is 1. The molecule has 0 aliphatic rings. The zero-order valence-corrected chi connectivity index (χ0v) is 8.27. The van der Waals surface area contributed by atoms with Crippen molar-refractivity contribution in [1.29, 1.82) is 0 Å². The summed E-state index contributed by atoms with van der Waals surface area (Å²) in [6.45, 7) is 0.193. The third kappa shape index (κ3) is 2.92. The minimum atomic E-state index is -1.03. The fourth-order valence-electron chi connectivity index (χ4n) is 1.19. The largest absolute Gasteiger partial charge is 0.508 e. The second-order valence-corrected chi connectivity index (χ2v) is 3.17. The molecule has 78 valence electrons. The zero-order valence-electron chi connectivity index (χ0n) is 8.27. The van der Waals surface area contributed by atoms with Gasteiger partial charge in [0.05, 0.1) is 0 Å². The molecule has 4 nitrogen and oxygen atoms in total. The number of phenolic OH excluding ortho intramolecular Hbond substituents is 1. The molecule has 15 heavy (non-hydrogen) atoms. The van der Waals surface area contributed by atoms with E-state index in [-0.39, 0.29) is 12.3 Å². The molecule has 1 rings (SSSR count). The molecule has 0 aliphatic carbocycles. The summed E-state index contributed by atoms with van der Waals surface area (Å²) in [5.74, 6) is 2.43. The summed E-state index contributed by atoms with van der Waals surface area (Å²) in [4.78, 5) is 11.7. The highest BCUT2D eigenvalue weighted by Gasteiger charge is 2.07. The van der Waals surface area contributed by atoms with Crippen molar-refractivity contribution in [3.8, 4) is 18.1 Å². The molecule has 0 saturated heterocycles. The number of terminal acetylenes is 1. The van der Waals surface area contributed by atoms with Gasteiger partial charge in [-0.2, -0.15) is 0 Å². The van der Waals surface area contributed by atoms with E-state index in [1.54, 1.807) is 6.07 Å². The van der Waals surface area contributed by atoms with Crippen molar-refractivity contribution in [3.63, 3.8) is 0 Å². The molecule has 0 aliphatic heterocycles. The zero-order chi connectivity index (χ0) is 11.4. The number of nitrogens with zero attached hydrogens (tertiary/aromatic N) is 1. The van der Waals surface area contributed by atoms with Crippen LogP contribution < -0.4 is 0 Å². The smallest absolute Gasteiger partial charge is 0.407 e. The quantitative estimate of drug-likeness (QED) is 0.719. The monoisotopic (exact) mass is 205 g/mol. The van der Waals surface area contributed by atoms with Gasteiger partial charge in [0.2, 0.25) is 0 Å². The molecule has 2 N–H and O–H groups in total. The van der Waals surface area contributed by atoms with Crippen LogP contribution in [0.4, 0.5) is 4.79 Å². The number of carbonyl (C=O) groups is 1. The number of rotatable bonds is 2. The van der Waals surface area contributed by atoms with Gasteiger partial charge in [0.1, 0.15) is 5.75 Å². The van der Waals surface area contributed by atoms with Crippen molar-refractivity contribution in [2.75, 3.05) is 7.05 Å². The van der Waals surface area contributed by atoms with Gasteiger partial charge in [0, 0.05) is 19.2 Å². The molecule has 0 atom stereocenters. The van der Waals surface area contributed by atoms with Crippen molar-refractivity contribution >= 4 is 6.09 Å². The Morgan fingerprint density at radius 1 is 1.53 bits per heavy atom. The summed E-state index contributed by atoms with van der Waals surface area (Å²) in [7, 11) is 1.45. The van der Waals surface area contributed by atoms with Crippen LogP contribution >= 0.6 is 0 Å². The van der Waals surface area contributed by atoms with E-state index in [1.165, 1.54) is 19.2 Å². The Morgan fingerprint density at radius 2 is 2.20 bits per heavy atom. The maximum Gasteiger partial charge on any atom is 0.407 e. The Balaban J connectivity index is 2.91. The maximum absolute atomic E-state index is 10.6.